The van der Waals surface area contributed by atoms with Gasteiger partial charge in [0, 0.05) is 28.2 Å². The number of halogens is 3. The Bertz CT molecular complexity index is 339. The van der Waals surface area contributed by atoms with Crippen molar-refractivity contribution in [1.82, 2.24) is 0 Å². The van der Waals surface area contributed by atoms with E-state index >= 15 is 0 Å². The Hall–Kier alpha value is -0.0500. The maximum absolute atomic E-state index is 11.6. The highest BCUT2D eigenvalue weighted by atomic mass is 79.9. The van der Waals surface area contributed by atoms with Crippen molar-refractivity contribution in [2.24, 2.45) is 0 Å². The smallest absolute Gasteiger partial charge is 0.165 e. The predicted octanol–water partition coefficient (Wildman–Crippen LogP) is 4.00. The molecule has 0 atom stereocenters. The fraction of sp³-hybridized carbons (Fsp3) is 0.300. The number of benzene rings is 1. The second-order valence-corrected chi connectivity index (χ2v) is 4.31. The van der Waals surface area contributed by atoms with Crippen LogP contribution < -0.4 is 0 Å². The Morgan fingerprint density at radius 1 is 1.36 bits per heavy atom. The molecule has 0 amide bonds. The van der Waals surface area contributed by atoms with E-state index in [1.807, 2.05) is 12.1 Å². The second kappa shape index (κ2) is 5.74. The van der Waals surface area contributed by atoms with Crippen molar-refractivity contribution >= 4 is 44.9 Å². The number of carbonyl (C=O) groups excluding carboxylic acids is 1. The predicted molar refractivity (Wildman–Crippen MR) is 63.4 cm³/mol. The van der Waals surface area contributed by atoms with Crippen molar-refractivity contribution in [3.8, 4) is 0 Å². The van der Waals surface area contributed by atoms with Crippen LogP contribution in [0.15, 0.2) is 22.7 Å². The largest absolute Gasteiger partial charge is 0.294 e. The summed E-state index contributed by atoms with van der Waals surface area (Å²) in [6.45, 7) is 0. The SMILES string of the molecule is O=C(CCCl)c1cc(CCl)ccc1Br. The van der Waals surface area contributed by atoms with Crippen molar-refractivity contribution in [3.05, 3.63) is 33.8 Å². The number of hydrogen-bond donors (Lipinski definition) is 0. The molecule has 0 fully saturated rings. The minimum atomic E-state index is 0.0406. The summed E-state index contributed by atoms with van der Waals surface area (Å²) in [5, 5.41) is 0. The Morgan fingerprint density at radius 3 is 2.64 bits per heavy atom. The summed E-state index contributed by atoms with van der Waals surface area (Å²) >= 11 is 14.5. The molecule has 76 valence electrons. The van der Waals surface area contributed by atoms with E-state index in [9.17, 15) is 4.79 Å². The van der Waals surface area contributed by atoms with Gasteiger partial charge in [0.15, 0.2) is 5.78 Å². The highest BCUT2D eigenvalue weighted by Crippen LogP contribution is 2.21. The summed E-state index contributed by atoms with van der Waals surface area (Å²) < 4.78 is 0.793. The molecular weight excluding hydrogens is 287 g/mol. The fourth-order valence-electron chi connectivity index (χ4n) is 1.09. The highest BCUT2D eigenvalue weighted by molar-refractivity contribution is 9.10. The monoisotopic (exact) mass is 294 g/mol. The van der Waals surface area contributed by atoms with Crippen LogP contribution in [-0.2, 0) is 5.88 Å². The van der Waals surface area contributed by atoms with Gasteiger partial charge in [-0.3, -0.25) is 4.79 Å². The van der Waals surface area contributed by atoms with Crippen molar-refractivity contribution in [1.29, 1.82) is 0 Å². The van der Waals surface area contributed by atoms with Gasteiger partial charge in [-0.15, -0.1) is 23.2 Å². The van der Waals surface area contributed by atoms with Gasteiger partial charge in [-0.1, -0.05) is 22.0 Å². The zero-order valence-electron chi connectivity index (χ0n) is 7.40. The molecular formula is C10H9BrCl2O. The lowest BCUT2D eigenvalue weighted by molar-refractivity contribution is 0.0988. The lowest BCUT2D eigenvalue weighted by atomic mass is 10.1. The molecule has 0 radical (unpaired) electrons. The maximum Gasteiger partial charge on any atom is 0.165 e. The zero-order chi connectivity index (χ0) is 10.6. The Labute approximate surface area is 102 Å². The van der Waals surface area contributed by atoms with E-state index in [1.54, 1.807) is 6.07 Å². The Kier molecular flexibility index (Phi) is 4.93. The van der Waals surface area contributed by atoms with Gasteiger partial charge in [-0.2, -0.15) is 0 Å². The third kappa shape index (κ3) is 2.97. The van der Waals surface area contributed by atoms with Gasteiger partial charge in [-0.25, -0.2) is 0 Å². The number of hydrogen-bond acceptors (Lipinski definition) is 1. The second-order valence-electron chi connectivity index (χ2n) is 2.81. The first-order valence-corrected chi connectivity index (χ1v) is 5.98. The first kappa shape index (κ1) is 12.0. The molecule has 1 rings (SSSR count). The van der Waals surface area contributed by atoms with Gasteiger partial charge in [-0.05, 0) is 17.7 Å². The van der Waals surface area contributed by atoms with Crippen LogP contribution in [0, 0.1) is 0 Å². The molecule has 0 aliphatic rings. The topological polar surface area (TPSA) is 17.1 Å². The molecule has 0 N–H and O–H groups in total. The molecule has 14 heavy (non-hydrogen) atoms. The summed E-state index contributed by atoms with van der Waals surface area (Å²) in [7, 11) is 0. The molecule has 0 spiro atoms. The summed E-state index contributed by atoms with van der Waals surface area (Å²) in [5.74, 6) is 0.795. The quantitative estimate of drug-likeness (QED) is 0.606. The molecule has 0 aliphatic carbocycles. The van der Waals surface area contributed by atoms with Crippen molar-refractivity contribution in [2.75, 3.05) is 5.88 Å². The first-order chi connectivity index (χ1) is 6.69. The van der Waals surface area contributed by atoms with E-state index in [2.05, 4.69) is 15.9 Å². The van der Waals surface area contributed by atoms with Gasteiger partial charge in [0.05, 0.1) is 0 Å². The van der Waals surface area contributed by atoms with Crippen molar-refractivity contribution in [2.45, 2.75) is 12.3 Å². The number of carbonyl (C=O) groups is 1. The van der Waals surface area contributed by atoms with Gasteiger partial charge < -0.3 is 0 Å². The van der Waals surface area contributed by atoms with Crippen LogP contribution in [0.2, 0.25) is 0 Å². The first-order valence-electron chi connectivity index (χ1n) is 4.12. The van der Waals surface area contributed by atoms with E-state index in [-0.39, 0.29) is 5.78 Å². The molecule has 1 aromatic carbocycles. The number of rotatable bonds is 4. The summed E-state index contributed by atoms with van der Waals surface area (Å²) in [5.41, 5.74) is 1.59. The minimum absolute atomic E-state index is 0.0406. The van der Waals surface area contributed by atoms with E-state index in [0.29, 0.717) is 23.7 Å². The third-order valence-electron chi connectivity index (χ3n) is 1.81. The number of alkyl halides is 2. The Morgan fingerprint density at radius 2 is 2.07 bits per heavy atom. The van der Waals surface area contributed by atoms with E-state index < -0.39 is 0 Å². The van der Waals surface area contributed by atoms with Gasteiger partial charge in [0.2, 0.25) is 0 Å². The third-order valence-corrected chi connectivity index (χ3v) is 3.00. The van der Waals surface area contributed by atoms with E-state index in [0.717, 1.165) is 10.0 Å². The van der Waals surface area contributed by atoms with Crippen LogP contribution in [0.25, 0.3) is 0 Å². The standard InChI is InChI=1S/C10H9BrCl2O/c11-9-2-1-7(6-13)5-8(9)10(14)3-4-12/h1-2,5H,3-4,6H2. The molecule has 1 nitrogen and oxygen atoms in total. The summed E-state index contributed by atoms with van der Waals surface area (Å²) in [6, 6.07) is 5.51. The van der Waals surface area contributed by atoms with Gasteiger partial charge in [0.25, 0.3) is 0 Å². The van der Waals surface area contributed by atoms with Crippen LogP contribution in [0.3, 0.4) is 0 Å². The molecule has 0 heterocycles. The van der Waals surface area contributed by atoms with Crippen molar-refractivity contribution < 1.29 is 4.79 Å². The average molecular weight is 296 g/mol. The fourth-order valence-corrected chi connectivity index (χ4v) is 1.90. The molecule has 4 heteroatoms. The van der Waals surface area contributed by atoms with Crippen LogP contribution in [-0.4, -0.2) is 11.7 Å². The molecule has 1 aromatic rings. The Balaban J connectivity index is 2.99. The van der Waals surface area contributed by atoms with Crippen LogP contribution in [0.4, 0.5) is 0 Å². The van der Waals surface area contributed by atoms with Crippen molar-refractivity contribution in [3.63, 3.8) is 0 Å². The zero-order valence-corrected chi connectivity index (χ0v) is 10.5. The molecule has 0 unspecified atom stereocenters. The summed E-state index contributed by atoms with van der Waals surface area (Å²) in [4.78, 5) is 11.6. The van der Waals surface area contributed by atoms with E-state index in [1.165, 1.54) is 0 Å². The van der Waals surface area contributed by atoms with Crippen LogP contribution in [0.1, 0.15) is 22.3 Å². The van der Waals surface area contributed by atoms with E-state index in [4.69, 9.17) is 23.2 Å². The molecule has 0 aromatic heterocycles. The highest BCUT2D eigenvalue weighted by Gasteiger charge is 2.09. The maximum atomic E-state index is 11.6. The van der Waals surface area contributed by atoms with Crippen LogP contribution in [0.5, 0.6) is 0 Å². The number of Topliss-reactive ketones (excluding diaryl/α,β-unsaturated/α-hetero) is 1. The lowest BCUT2D eigenvalue weighted by Crippen LogP contribution is -2.01. The molecule has 0 saturated heterocycles. The van der Waals surface area contributed by atoms with Gasteiger partial charge >= 0.3 is 0 Å². The summed E-state index contributed by atoms with van der Waals surface area (Å²) in [6.07, 6.45) is 0.353. The molecule has 0 saturated carbocycles. The van der Waals surface area contributed by atoms with Gasteiger partial charge in [0.1, 0.15) is 0 Å². The number of ketones is 1. The normalized spacial score (nSPS) is 10.2. The molecule has 0 bridgehead atoms. The average Bonchev–Trinajstić information content (AvgIpc) is 2.19. The minimum Gasteiger partial charge on any atom is -0.294 e. The van der Waals surface area contributed by atoms with Crippen LogP contribution >= 0.6 is 39.1 Å². The lowest BCUT2D eigenvalue weighted by Gasteiger charge is -2.04. The molecule has 0 aliphatic heterocycles.